The molecule has 5 heteroatoms. The van der Waals surface area contributed by atoms with Crippen LogP contribution >= 0.6 is 0 Å². The second-order valence-electron chi connectivity index (χ2n) is 7.65. The van der Waals surface area contributed by atoms with Crippen molar-refractivity contribution in [3.63, 3.8) is 0 Å². The summed E-state index contributed by atoms with van der Waals surface area (Å²) in [6.07, 6.45) is 4.28. The number of nitrogen functional groups attached to an aromatic ring is 1. The van der Waals surface area contributed by atoms with Gasteiger partial charge >= 0.3 is 0 Å². The van der Waals surface area contributed by atoms with Crippen molar-refractivity contribution in [2.75, 3.05) is 5.73 Å². The van der Waals surface area contributed by atoms with Gasteiger partial charge in [0.15, 0.2) is 17.3 Å². The fourth-order valence-corrected chi connectivity index (χ4v) is 3.99. The summed E-state index contributed by atoms with van der Waals surface area (Å²) in [5.74, 6) is -0.0940. The van der Waals surface area contributed by atoms with E-state index < -0.39 is 0 Å². The average Bonchev–Trinajstić information content (AvgIpc) is 2.82. The molecule has 1 aromatic heterocycles. The van der Waals surface area contributed by atoms with Gasteiger partial charge < -0.3 is 5.73 Å². The van der Waals surface area contributed by atoms with Gasteiger partial charge in [-0.1, -0.05) is 48.5 Å². The van der Waals surface area contributed by atoms with Crippen LogP contribution in [0, 0.1) is 0 Å². The molecule has 0 amide bonds. The van der Waals surface area contributed by atoms with Gasteiger partial charge in [-0.15, -0.1) is 0 Å². The Morgan fingerprint density at radius 1 is 0.688 bits per heavy atom. The molecule has 0 bridgehead atoms. The molecule has 0 saturated heterocycles. The van der Waals surface area contributed by atoms with E-state index in [-0.39, 0.29) is 17.3 Å². The number of nitrogens with zero attached hydrogens (tertiary/aromatic N) is 1. The second kappa shape index (κ2) is 7.71. The first-order valence-corrected chi connectivity index (χ1v) is 10.2. The molecule has 4 aromatic rings. The van der Waals surface area contributed by atoms with Gasteiger partial charge in [0.1, 0.15) is 0 Å². The smallest absolute Gasteiger partial charge is 0.194 e. The molecule has 0 radical (unpaired) electrons. The fourth-order valence-electron chi connectivity index (χ4n) is 3.99. The molecule has 3 aromatic carbocycles. The summed E-state index contributed by atoms with van der Waals surface area (Å²) >= 11 is 0. The molecule has 5 nitrogen and oxygen atoms in total. The maximum Gasteiger partial charge on any atom is 0.194 e. The lowest BCUT2D eigenvalue weighted by Gasteiger charge is -2.17. The standard InChI is InChI=1S/C14H9NO2.C13H9NO/c15-8-5-6-11-12(7-8)14(17)10-4-2-1-3-9(10)13(11)16;15-13-7-3-6-12-10(13)8-9-4-1-2-5-11(9)14-12/h1-7H,15H2;1-6,8H,7H2. The number of Topliss-reactive ketones (excluding diaryl/α,β-unsaturated/α-hetero) is 1. The Hall–Kier alpha value is -4.38. The molecule has 6 rings (SSSR count). The Morgan fingerprint density at radius 3 is 2.12 bits per heavy atom. The first-order valence-electron chi connectivity index (χ1n) is 10.2. The minimum atomic E-state index is -0.137. The second-order valence-corrected chi connectivity index (χ2v) is 7.65. The minimum Gasteiger partial charge on any atom is -0.399 e. The Bertz CT molecular complexity index is 1470. The Labute approximate surface area is 184 Å². The van der Waals surface area contributed by atoms with E-state index in [0.717, 1.165) is 22.2 Å². The summed E-state index contributed by atoms with van der Waals surface area (Å²) in [7, 11) is 0. The van der Waals surface area contributed by atoms with E-state index in [1.54, 1.807) is 42.5 Å². The van der Waals surface area contributed by atoms with Gasteiger partial charge in [-0.05, 0) is 36.4 Å². The van der Waals surface area contributed by atoms with Crippen LogP contribution in [0.2, 0.25) is 0 Å². The highest BCUT2D eigenvalue weighted by Crippen LogP contribution is 2.28. The van der Waals surface area contributed by atoms with Crippen LogP contribution in [-0.2, 0) is 0 Å². The highest BCUT2D eigenvalue weighted by Gasteiger charge is 2.29. The predicted octanol–water partition coefficient (Wildman–Crippen LogP) is 4.88. The van der Waals surface area contributed by atoms with E-state index in [9.17, 15) is 14.4 Å². The molecule has 0 atom stereocenters. The molecule has 0 saturated carbocycles. The van der Waals surface area contributed by atoms with Gasteiger partial charge in [0.25, 0.3) is 0 Å². The molecular weight excluding hydrogens is 400 g/mol. The summed E-state index contributed by atoms with van der Waals surface area (Å²) in [6.45, 7) is 0. The molecule has 0 unspecified atom stereocenters. The van der Waals surface area contributed by atoms with E-state index in [4.69, 9.17) is 5.73 Å². The lowest BCUT2D eigenvalue weighted by molar-refractivity contribution is 0.0979. The van der Waals surface area contributed by atoms with E-state index in [2.05, 4.69) is 4.98 Å². The Kier molecular flexibility index (Phi) is 4.71. The van der Waals surface area contributed by atoms with Crippen LogP contribution in [0.25, 0.3) is 17.0 Å². The number of ketones is 3. The van der Waals surface area contributed by atoms with E-state index in [1.807, 2.05) is 42.5 Å². The zero-order valence-corrected chi connectivity index (χ0v) is 17.0. The van der Waals surface area contributed by atoms with Gasteiger partial charge in [-0.25, -0.2) is 4.98 Å². The molecule has 154 valence electrons. The van der Waals surface area contributed by atoms with Gasteiger partial charge in [0, 0.05) is 45.3 Å². The van der Waals surface area contributed by atoms with Crippen molar-refractivity contribution in [2.24, 2.45) is 0 Å². The maximum atomic E-state index is 12.2. The number of nitrogens with two attached hydrogens (primary N) is 1. The monoisotopic (exact) mass is 418 g/mol. The zero-order chi connectivity index (χ0) is 22.2. The number of fused-ring (bicyclic) bond motifs is 4. The number of pyridine rings is 1. The van der Waals surface area contributed by atoms with Crippen molar-refractivity contribution in [2.45, 2.75) is 6.42 Å². The third kappa shape index (κ3) is 3.30. The average molecular weight is 418 g/mol. The SMILES string of the molecule is Nc1ccc2c(c1)C(=O)c1ccccc1C2=O.O=C1CC=Cc2nc3ccccc3cc21. The Morgan fingerprint density at radius 2 is 1.34 bits per heavy atom. The number of aromatic nitrogens is 1. The predicted molar refractivity (Wildman–Crippen MR) is 124 cm³/mol. The number of carbonyl (C=O) groups is 3. The molecule has 0 fully saturated rings. The highest BCUT2D eigenvalue weighted by atomic mass is 16.1. The number of benzene rings is 3. The van der Waals surface area contributed by atoms with Crippen LogP contribution < -0.4 is 5.73 Å². The first-order chi connectivity index (χ1) is 15.5. The van der Waals surface area contributed by atoms with Crippen molar-refractivity contribution in [1.29, 1.82) is 0 Å². The van der Waals surface area contributed by atoms with Crippen LogP contribution in [0.5, 0.6) is 0 Å². The van der Waals surface area contributed by atoms with E-state index in [1.165, 1.54) is 0 Å². The number of rotatable bonds is 0. The Balaban J connectivity index is 0.000000136. The van der Waals surface area contributed by atoms with Crippen molar-refractivity contribution in [1.82, 2.24) is 4.98 Å². The van der Waals surface area contributed by atoms with E-state index in [0.29, 0.717) is 34.4 Å². The lowest BCUT2D eigenvalue weighted by Crippen LogP contribution is -2.20. The van der Waals surface area contributed by atoms with Crippen LogP contribution in [0.15, 0.2) is 78.9 Å². The molecule has 2 aliphatic rings. The molecule has 0 spiro atoms. The fraction of sp³-hybridized carbons (Fsp3) is 0.0370. The van der Waals surface area contributed by atoms with Crippen molar-refractivity contribution in [3.05, 3.63) is 112 Å². The van der Waals surface area contributed by atoms with Crippen LogP contribution in [-0.4, -0.2) is 22.3 Å². The highest BCUT2D eigenvalue weighted by molar-refractivity contribution is 6.28. The zero-order valence-electron chi connectivity index (χ0n) is 17.0. The van der Waals surface area contributed by atoms with Gasteiger partial charge in [-0.3, -0.25) is 14.4 Å². The van der Waals surface area contributed by atoms with Crippen LogP contribution in [0.4, 0.5) is 5.69 Å². The first kappa shape index (κ1) is 19.6. The summed E-state index contributed by atoms with van der Waals surface area (Å²) < 4.78 is 0. The van der Waals surface area contributed by atoms with Gasteiger partial charge in [-0.2, -0.15) is 0 Å². The van der Waals surface area contributed by atoms with Crippen LogP contribution in [0.1, 0.15) is 54.3 Å². The molecule has 2 N–H and O–H groups in total. The number of carbonyl (C=O) groups excluding carboxylic acids is 3. The third-order valence-electron chi connectivity index (χ3n) is 5.58. The van der Waals surface area contributed by atoms with Gasteiger partial charge in [0.05, 0.1) is 11.2 Å². The van der Waals surface area contributed by atoms with Crippen LogP contribution in [0.3, 0.4) is 0 Å². The molecule has 0 aliphatic heterocycles. The third-order valence-corrected chi connectivity index (χ3v) is 5.58. The molecule has 1 heterocycles. The number of anilines is 1. The number of hydrogen-bond acceptors (Lipinski definition) is 5. The number of allylic oxidation sites excluding steroid dienone is 1. The normalized spacial score (nSPS) is 13.7. The van der Waals surface area contributed by atoms with Gasteiger partial charge in [0.2, 0.25) is 0 Å². The van der Waals surface area contributed by atoms with Crippen molar-refractivity contribution in [3.8, 4) is 0 Å². The quantitative estimate of drug-likeness (QED) is 0.362. The van der Waals surface area contributed by atoms with Crippen molar-refractivity contribution >= 4 is 40.0 Å². The summed E-state index contributed by atoms with van der Waals surface area (Å²) in [5, 5.41) is 1.03. The topological polar surface area (TPSA) is 90.1 Å². The number of para-hydroxylation sites is 1. The minimum absolute atomic E-state index is 0.116. The largest absolute Gasteiger partial charge is 0.399 e. The molecule has 2 aliphatic carbocycles. The summed E-state index contributed by atoms with van der Waals surface area (Å²) in [5.41, 5.74) is 10.4. The molecular formula is C27H18N2O3. The summed E-state index contributed by atoms with van der Waals surface area (Å²) in [6, 6.07) is 21.4. The van der Waals surface area contributed by atoms with Crippen molar-refractivity contribution < 1.29 is 14.4 Å². The number of hydrogen-bond donors (Lipinski definition) is 1. The molecule has 32 heavy (non-hydrogen) atoms. The lowest BCUT2D eigenvalue weighted by atomic mass is 9.84. The van der Waals surface area contributed by atoms with E-state index >= 15 is 0 Å². The summed E-state index contributed by atoms with van der Waals surface area (Å²) in [4.78, 5) is 40.5. The maximum absolute atomic E-state index is 12.2.